The fourth-order valence-corrected chi connectivity index (χ4v) is 2.08. The van der Waals surface area contributed by atoms with E-state index in [1.807, 2.05) is 13.0 Å². The zero-order chi connectivity index (χ0) is 10.3. The molecule has 1 aliphatic carbocycles. The Morgan fingerprint density at radius 1 is 1.20 bits per heavy atom. The molecule has 1 aliphatic rings. The summed E-state index contributed by atoms with van der Waals surface area (Å²) >= 11 is 0. The Kier molecular flexibility index (Phi) is 1.69. The van der Waals surface area contributed by atoms with E-state index in [0.29, 0.717) is 0 Å². The van der Waals surface area contributed by atoms with Crippen LogP contribution in [0.15, 0.2) is 30.3 Å². The molecule has 1 aromatic carbocycles. The molecule has 2 aromatic rings. The summed E-state index contributed by atoms with van der Waals surface area (Å²) in [6.45, 7) is 1.94. The molecule has 0 amide bonds. The van der Waals surface area contributed by atoms with Crippen molar-refractivity contribution in [2.75, 3.05) is 0 Å². The van der Waals surface area contributed by atoms with Crippen molar-refractivity contribution in [3.05, 3.63) is 47.5 Å². The van der Waals surface area contributed by atoms with E-state index in [1.165, 1.54) is 5.56 Å². The van der Waals surface area contributed by atoms with Crippen LogP contribution in [0.5, 0.6) is 0 Å². The molecule has 1 heterocycles. The van der Waals surface area contributed by atoms with Crippen molar-refractivity contribution < 1.29 is 0 Å². The minimum absolute atomic E-state index is 0.103. The number of H-pyrrole nitrogens is 1. The van der Waals surface area contributed by atoms with Gasteiger partial charge in [0.2, 0.25) is 0 Å². The normalized spacial score (nSPS) is 17.7. The summed E-state index contributed by atoms with van der Waals surface area (Å²) in [7, 11) is 0. The van der Waals surface area contributed by atoms with Crippen molar-refractivity contribution in [3.63, 3.8) is 0 Å². The topological polar surface area (TPSA) is 41.6 Å². The van der Waals surface area contributed by atoms with Crippen molar-refractivity contribution in [2.24, 2.45) is 0 Å². The van der Waals surface area contributed by atoms with Crippen LogP contribution in [0.1, 0.15) is 30.1 Å². The molecule has 15 heavy (non-hydrogen) atoms. The van der Waals surface area contributed by atoms with E-state index >= 15 is 0 Å². The molecule has 3 heteroatoms. The highest BCUT2D eigenvalue weighted by Gasteiger charge is 2.49. The Morgan fingerprint density at radius 3 is 2.47 bits per heavy atom. The number of nitrogens with one attached hydrogen (secondary N) is 1. The van der Waals surface area contributed by atoms with Gasteiger partial charge < -0.3 is 0 Å². The lowest BCUT2D eigenvalue weighted by atomic mass is 9.95. The maximum absolute atomic E-state index is 4.45. The molecule has 0 saturated heterocycles. The van der Waals surface area contributed by atoms with Crippen LogP contribution in [0.4, 0.5) is 0 Å². The maximum atomic E-state index is 4.45. The predicted molar refractivity (Wildman–Crippen MR) is 57.6 cm³/mol. The Bertz CT molecular complexity index is 469. The number of benzene rings is 1. The van der Waals surface area contributed by atoms with Crippen LogP contribution in [0.25, 0.3) is 0 Å². The second-order valence-electron chi connectivity index (χ2n) is 4.19. The van der Waals surface area contributed by atoms with Gasteiger partial charge >= 0.3 is 0 Å². The van der Waals surface area contributed by atoms with E-state index in [2.05, 4.69) is 39.4 Å². The molecule has 0 unspecified atom stereocenters. The van der Waals surface area contributed by atoms with Crippen LogP contribution in [0, 0.1) is 6.92 Å². The molecular weight excluding hydrogens is 186 g/mol. The molecule has 1 N–H and O–H groups in total. The predicted octanol–water partition coefficient (Wildman–Crippen LogP) is 2.19. The lowest BCUT2D eigenvalue weighted by molar-refractivity contribution is 0.761. The maximum Gasteiger partial charge on any atom is 0.161 e. The molecule has 0 atom stereocenters. The molecule has 0 bridgehead atoms. The van der Waals surface area contributed by atoms with Gasteiger partial charge in [-0.25, -0.2) is 4.98 Å². The minimum atomic E-state index is 0.103. The van der Waals surface area contributed by atoms with Gasteiger partial charge in [0.15, 0.2) is 5.82 Å². The highest BCUT2D eigenvalue weighted by molar-refractivity contribution is 5.38. The van der Waals surface area contributed by atoms with Crippen molar-refractivity contribution >= 4 is 0 Å². The van der Waals surface area contributed by atoms with Gasteiger partial charge in [0.05, 0.1) is 5.41 Å². The molecule has 0 spiro atoms. The quantitative estimate of drug-likeness (QED) is 0.805. The Hall–Kier alpha value is -1.64. The van der Waals surface area contributed by atoms with E-state index < -0.39 is 0 Å². The average molecular weight is 199 g/mol. The van der Waals surface area contributed by atoms with Crippen molar-refractivity contribution in [1.29, 1.82) is 0 Å². The summed E-state index contributed by atoms with van der Waals surface area (Å²) in [5, 5.41) is 7.21. The average Bonchev–Trinajstić information content (AvgIpc) is 2.98. The molecule has 1 fully saturated rings. The monoisotopic (exact) mass is 199 g/mol. The molecule has 3 nitrogen and oxygen atoms in total. The van der Waals surface area contributed by atoms with E-state index in [0.717, 1.165) is 24.5 Å². The third kappa shape index (κ3) is 1.27. The Morgan fingerprint density at radius 2 is 1.93 bits per heavy atom. The van der Waals surface area contributed by atoms with E-state index in [1.54, 1.807) is 0 Å². The second kappa shape index (κ2) is 2.92. The van der Waals surface area contributed by atoms with E-state index in [9.17, 15) is 0 Å². The third-order valence-electron chi connectivity index (χ3n) is 3.10. The first-order valence-corrected chi connectivity index (χ1v) is 5.26. The van der Waals surface area contributed by atoms with Crippen LogP contribution < -0.4 is 0 Å². The lowest BCUT2D eigenvalue weighted by Gasteiger charge is -2.10. The van der Waals surface area contributed by atoms with Crippen LogP contribution in [-0.4, -0.2) is 15.2 Å². The standard InChI is InChI=1S/C12H13N3/c1-9-13-11(15-14-9)12(7-8-12)10-5-3-2-4-6-10/h2-6H,7-8H2,1H3,(H,13,14,15). The second-order valence-corrected chi connectivity index (χ2v) is 4.19. The third-order valence-corrected chi connectivity index (χ3v) is 3.10. The molecule has 3 rings (SSSR count). The van der Waals surface area contributed by atoms with Crippen LogP contribution >= 0.6 is 0 Å². The number of hydrogen-bond donors (Lipinski definition) is 1. The van der Waals surface area contributed by atoms with Gasteiger partial charge in [-0.1, -0.05) is 30.3 Å². The Balaban J connectivity index is 2.05. The van der Waals surface area contributed by atoms with Crippen molar-refractivity contribution in [3.8, 4) is 0 Å². The number of hydrogen-bond acceptors (Lipinski definition) is 2. The van der Waals surface area contributed by atoms with Gasteiger partial charge in [-0.3, -0.25) is 5.10 Å². The minimum Gasteiger partial charge on any atom is -0.263 e. The molecule has 1 aromatic heterocycles. The Labute approximate surface area is 88.6 Å². The van der Waals surface area contributed by atoms with Gasteiger partial charge in [0.1, 0.15) is 5.82 Å². The number of aromatic nitrogens is 3. The highest BCUT2D eigenvalue weighted by Crippen LogP contribution is 2.51. The van der Waals surface area contributed by atoms with Crippen LogP contribution in [0.2, 0.25) is 0 Å². The summed E-state index contributed by atoms with van der Waals surface area (Å²) in [5.74, 6) is 1.85. The van der Waals surface area contributed by atoms with Gasteiger partial charge in [-0.2, -0.15) is 5.10 Å². The molecule has 0 radical (unpaired) electrons. The van der Waals surface area contributed by atoms with Crippen molar-refractivity contribution in [1.82, 2.24) is 15.2 Å². The zero-order valence-corrected chi connectivity index (χ0v) is 8.70. The molecule has 76 valence electrons. The number of nitrogens with zero attached hydrogens (tertiary/aromatic N) is 2. The molecular formula is C12H13N3. The molecule has 0 aliphatic heterocycles. The fourth-order valence-electron chi connectivity index (χ4n) is 2.08. The SMILES string of the molecule is Cc1nc(C2(c3ccccc3)CC2)n[nH]1. The number of aryl methyl sites for hydroxylation is 1. The van der Waals surface area contributed by atoms with E-state index in [-0.39, 0.29) is 5.41 Å². The first-order chi connectivity index (χ1) is 7.31. The first-order valence-electron chi connectivity index (χ1n) is 5.26. The summed E-state index contributed by atoms with van der Waals surface area (Å²) in [5.41, 5.74) is 1.44. The molecule has 1 saturated carbocycles. The largest absolute Gasteiger partial charge is 0.263 e. The first kappa shape index (κ1) is 8.65. The lowest BCUT2D eigenvalue weighted by Crippen LogP contribution is -2.10. The smallest absolute Gasteiger partial charge is 0.161 e. The van der Waals surface area contributed by atoms with Crippen molar-refractivity contribution in [2.45, 2.75) is 25.2 Å². The summed E-state index contributed by atoms with van der Waals surface area (Å²) in [4.78, 5) is 4.45. The van der Waals surface area contributed by atoms with E-state index in [4.69, 9.17) is 0 Å². The van der Waals surface area contributed by atoms with Crippen LogP contribution in [0.3, 0.4) is 0 Å². The van der Waals surface area contributed by atoms with Gasteiger partial charge in [0, 0.05) is 0 Å². The van der Waals surface area contributed by atoms with Crippen LogP contribution in [-0.2, 0) is 5.41 Å². The zero-order valence-electron chi connectivity index (χ0n) is 8.70. The van der Waals surface area contributed by atoms with Gasteiger partial charge in [0.25, 0.3) is 0 Å². The summed E-state index contributed by atoms with van der Waals surface area (Å²) < 4.78 is 0. The highest BCUT2D eigenvalue weighted by atomic mass is 15.2. The summed E-state index contributed by atoms with van der Waals surface area (Å²) in [6.07, 6.45) is 2.32. The van der Waals surface area contributed by atoms with Gasteiger partial charge in [-0.05, 0) is 25.3 Å². The van der Waals surface area contributed by atoms with Gasteiger partial charge in [-0.15, -0.1) is 0 Å². The number of aromatic amines is 1. The fraction of sp³-hybridized carbons (Fsp3) is 0.333. The summed E-state index contributed by atoms with van der Waals surface area (Å²) in [6, 6.07) is 10.5. The number of rotatable bonds is 2.